The van der Waals surface area contributed by atoms with E-state index in [-0.39, 0.29) is 5.82 Å². The number of benzene rings is 2. The zero-order valence-electron chi connectivity index (χ0n) is 14.8. The van der Waals surface area contributed by atoms with Crippen LogP contribution in [-0.2, 0) is 6.42 Å². The standard InChI is InChI=1S/C20H25FN2O2/c1-23(2,14-19(24)17-7-3-4-8-18(17)21)13-5-6-15-9-11-16(12-10-15)20(22)25/h3-4,7-12,19,24H,5-6,13-14H2,1-2H3,(H-,22,25)/p+1. The van der Waals surface area contributed by atoms with Crippen molar-refractivity contribution >= 4 is 5.91 Å². The highest BCUT2D eigenvalue weighted by Gasteiger charge is 2.23. The Balaban J connectivity index is 1.86. The van der Waals surface area contributed by atoms with Crippen LogP contribution >= 0.6 is 0 Å². The monoisotopic (exact) mass is 345 g/mol. The molecule has 1 unspecified atom stereocenters. The van der Waals surface area contributed by atoms with Gasteiger partial charge in [-0.1, -0.05) is 30.3 Å². The van der Waals surface area contributed by atoms with Crippen molar-refractivity contribution in [2.45, 2.75) is 18.9 Å². The molecular formula is C20H26FN2O2+. The van der Waals surface area contributed by atoms with Gasteiger partial charge in [0.05, 0.1) is 20.6 Å². The Bertz CT molecular complexity index is 714. The Morgan fingerprint density at radius 2 is 1.80 bits per heavy atom. The van der Waals surface area contributed by atoms with E-state index in [0.717, 1.165) is 24.9 Å². The van der Waals surface area contributed by atoms with Crippen molar-refractivity contribution in [3.8, 4) is 0 Å². The molecule has 134 valence electrons. The molecule has 2 aromatic rings. The van der Waals surface area contributed by atoms with Gasteiger partial charge >= 0.3 is 0 Å². The average molecular weight is 345 g/mol. The van der Waals surface area contributed by atoms with Crippen LogP contribution < -0.4 is 5.73 Å². The molecule has 1 amide bonds. The molecule has 0 bridgehead atoms. The van der Waals surface area contributed by atoms with Crippen molar-refractivity contribution in [2.75, 3.05) is 27.2 Å². The largest absolute Gasteiger partial charge is 0.382 e. The first-order valence-electron chi connectivity index (χ1n) is 8.42. The highest BCUT2D eigenvalue weighted by atomic mass is 19.1. The Labute approximate surface area is 148 Å². The number of primary amides is 1. The van der Waals surface area contributed by atoms with Crippen LogP contribution in [0.2, 0.25) is 0 Å². The number of nitrogens with zero attached hydrogens (tertiary/aromatic N) is 1. The number of aliphatic hydroxyl groups is 1. The fourth-order valence-electron chi connectivity index (χ4n) is 2.95. The van der Waals surface area contributed by atoms with E-state index in [2.05, 4.69) is 0 Å². The van der Waals surface area contributed by atoms with Gasteiger partial charge in [-0.2, -0.15) is 0 Å². The van der Waals surface area contributed by atoms with Crippen molar-refractivity contribution in [3.05, 3.63) is 71.0 Å². The first-order chi connectivity index (χ1) is 11.8. The van der Waals surface area contributed by atoms with Crippen LogP contribution in [0.5, 0.6) is 0 Å². The molecule has 3 N–H and O–H groups in total. The molecular weight excluding hydrogens is 319 g/mol. The summed E-state index contributed by atoms with van der Waals surface area (Å²) in [6.07, 6.45) is 0.967. The summed E-state index contributed by atoms with van der Waals surface area (Å²) in [6, 6.07) is 13.6. The number of aryl methyl sites for hydroxylation is 1. The Morgan fingerprint density at radius 3 is 2.40 bits per heavy atom. The number of nitrogens with two attached hydrogens (primary N) is 1. The second-order valence-corrected chi connectivity index (χ2v) is 7.04. The lowest BCUT2D eigenvalue weighted by Crippen LogP contribution is -2.43. The number of aliphatic hydroxyl groups excluding tert-OH is 1. The number of hydrogen-bond acceptors (Lipinski definition) is 2. The molecule has 1 atom stereocenters. The number of carbonyl (C=O) groups excluding carboxylic acids is 1. The maximum absolute atomic E-state index is 13.8. The number of halogens is 1. The maximum atomic E-state index is 13.8. The molecule has 0 aliphatic carbocycles. The molecule has 0 saturated carbocycles. The zero-order valence-corrected chi connectivity index (χ0v) is 14.8. The summed E-state index contributed by atoms with van der Waals surface area (Å²) in [5.41, 5.74) is 7.22. The minimum Gasteiger partial charge on any atom is -0.382 e. The average Bonchev–Trinajstić information content (AvgIpc) is 2.55. The van der Waals surface area contributed by atoms with E-state index < -0.39 is 12.0 Å². The van der Waals surface area contributed by atoms with Crippen LogP contribution in [0.25, 0.3) is 0 Å². The molecule has 25 heavy (non-hydrogen) atoms. The summed E-state index contributed by atoms with van der Waals surface area (Å²) < 4.78 is 14.4. The third-order valence-electron chi connectivity index (χ3n) is 4.40. The fraction of sp³-hybridized carbons (Fsp3) is 0.350. The minimum absolute atomic E-state index is 0.343. The molecule has 4 nitrogen and oxygen atoms in total. The Kier molecular flexibility index (Phi) is 6.28. The predicted octanol–water partition coefficient (Wildman–Crippen LogP) is 2.67. The van der Waals surface area contributed by atoms with Crippen LogP contribution in [0, 0.1) is 5.82 Å². The molecule has 0 heterocycles. The molecule has 2 rings (SSSR count). The second kappa shape index (κ2) is 8.23. The van der Waals surface area contributed by atoms with Crippen LogP contribution in [0.1, 0.15) is 34.0 Å². The summed E-state index contributed by atoms with van der Waals surface area (Å²) in [5, 5.41) is 10.3. The van der Waals surface area contributed by atoms with Gasteiger partial charge in [0.15, 0.2) is 0 Å². The minimum atomic E-state index is -0.828. The van der Waals surface area contributed by atoms with Gasteiger partial charge < -0.3 is 15.3 Å². The molecule has 2 aromatic carbocycles. The molecule has 0 aliphatic heterocycles. The number of amides is 1. The van der Waals surface area contributed by atoms with E-state index in [1.54, 1.807) is 30.3 Å². The second-order valence-electron chi connectivity index (χ2n) is 7.04. The van der Waals surface area contributed by atoms with Crippen molar-refractivity contribution in [1.29, 1.82) is 0 Å². The van der Waals surface area contributed by atoms with Crippen LogP contribution in [-0.4, -0.2) is 42.7 Å². The molecule has 0 saturated heterocycles. The van der Waals surface area contributed by atoms with Gasteiger partial charge in [-0.3, -0.25) is 4.79 Å². The number of likely N-dealkylation sites (N-methyl/N-ethyl adjacent to an activating group) is 1. The molecule has 0 spiro atoms. The number of rotatable bonds is 8. The number of quaternary nitrogens is 1. The van der Waals surface area contributed by atoms with Gasteiger partial charge in [0.2, 0.25) is 5.91 Å². The number of carbonyl (C=O) groups is 1. The lowest BCUT2D eigenvalue weighted by molar-refractivity contribution is -0.894. The van der Waals surface area contributed by atoms with Crippen LogP contribution in [0.4, 0.5) is 4.39 Å². The summed E-state index contributed by atoms with van der Waals surface area (Å²) in [5.74, 6) is -0.795. The SMILES string of the molecule is C[N+](C)(CCCc1ccc(C(N)=O)cc1)CC(O)c1ccccc1F. The maximum Gasteiger partial charge on any atom is 0.248 e. The normalized spacial score (nSPS) is 12.8. The van der Waals surface area contributed by atoms with E-state index >= 15 is 0 Å². The van der Waals surface area contributed by atoms with E-state index in [9.17, 15) is 14.3 Å². The van der Waals surface area contributed by atoms with Crippen molar-refractivity contribution < 1.29 is 18.8 Å². The van der Waals surface area contributed by atoms with Gasteiger partial charge in [-0.25, -0.2) is 4.39 Å². The Hall–Kier alpha value is -2.24. The first kappa shape index (κ1) is 19.1. The summed E-state index contributed by atoms with van der Waals surface area (Å²) in [7, 11) is 4.06. The lowest BCUT2D eigenvalue weighted by Gasteiger charge is -2.32. The smallest absolute Gasteiger partial charge is 0.248 e. The molecule has 0 aromatic heterocycles. The van der Waals surface area contributed by atoms with Gasteiger partial charge in [-0.15, -0.1) is 0 Å². The van der Waals surface area contributed by atoms with E-state index in [4.69, 9.17) is 5.73 Å². The fourth-order valence-corrected chi connectivity index (χ4v) is 2.95. The summed E-state index contributed by atoms with van der Waals surface area (Å²) in [4.78, 5) is 11.1. The third kappa shape index (κ3) is 5.66. The lowest BCUT2D eigenvalue weighted by atomic mass is 10.1. The highest BCUT2D eigenvalue weighted by molar-refractivity contribution is 5.92. The van der Waals surface area contributed by atoms with Gasteiger partial charge in [0, 0.05) is 17.5 Å². The van der Waals surface area contributed by atoms with E-state index in [0.29, 0.717) is 22.2 Å². The zero-order chi connectivity index (χ0) is 18.4. The summed E-state index contributed by atoms with van der Waals surface area (Å²) >= 11 is 0. The van der Waals surface area contributed by atoms with Crippen molar-refractivity contribution in [3.63, 3.8) is 0 Å². The molecule has 0 radical (unpaired) electrons. The highest BCUT2D eigenvalue weighted by Crippen LogP contribution is 2.20. The van der Waals surface area contributed by atoms with E-state index in [1.165, 1.54) is 6.07 Å². The van der Waals surface area contributed by atoms with Gasteiger partial charge in [0.25, 0.3) is 0 Å². The number of hydrogen-bond donors (Lipinski definition) is 2. The van der Waals surface area contributed by atoms with Gasteiger partial charge in [0.1, 0.15) is 18.5 Å². The topological polar surface area (TPSA) is 63.3 Å². The molecule has 0 aliphatic rings. The van der Waals surface area contributed by atoms with Crippen LogP contribution in [0.3, 0.4) is 0 Å². The third-order valence-corrected chi connectivity index (χ3v) is 4.40. The quantitative estimate of drug-likeness (QED) is 0.723. The van der Waals surface area contributed by atoms with Crippen LogP contribution in [0.15, 0.2) is 48.5 Å². The summed E-state index contributed by atoms with van der Waals surface area (Å²) in [6.45, 7) is 1.30. The Morgan fingerprint density at radius 1 is 1.16 bits per heavy atom. The molecule has 5 heteroatoms. The van der Waals surface area contributed by atoms with Crippen molar-refractivity contribution in [1.82, 2.24) is 0 Å². The van der Waals surface area contributed by atoms with E-state index in [1.807, 2.05) is 26.2 Å². The molecule has 0 fully saturated rings. The van der Waals surface area contributed by atoms with Crippen molar-refractivity contribution in [2.24, 2.45) is 5.73 Å². The predicted molar refractivity (Wildman–Crippen MR) is 96.5 cm³/mol. The van der Waals surface area contributed by atoms with Gasteiger partial charge in [-0.05, 0) is 30.2 Å². The first-order valence-corrected chi connectivity index (χ1v) is 8.42.